The van der Waals surface area contributed by atoms with E-state index in [4.69, 9.17) is 0 Å². The van der Waals surface area contributed by atoms with Crippen molar-refractivity contribution in [3.63, 3.8) is 0 Å². The third-order valence-electron chi connectivity index (χ3n) is 5.89. The summed E-state index contributed by atoms with van der Waals surface area (Å²) in [7, 11) is 0. The quantitative estimate of drug-likeness (QED) is 0.674. The molecule has 2 aromatic rings. The molecule has 2 fully saturated rings. The Kier molecular flexibility index (Phi) is 7.44. The molecule has 1 saturated carbocycles. The minimum Gasteiger partial charge on any atom is -0.349 e. The topological polar surface area (TPSA) is 101 Å². The fourth-order valence-corrected chi connectivity index (χ4v) is 4.18. The van der Waals surface area contributed by atoms with Gasteiger partial charge in [0.15, 0.2) is 5.69 Å². The number of hydrogen-bond acceptors (Lipinski definition) is 5. The molecule has 2 heterocycles. The molecule has 0 spiro atoms. The zero-order valence-corrected chi connectivity index (χ0v) is 18.0. The number of nitrogens with zero attached hydrogens (tertiary/aromatic N) is 3. The lowest BCUT2D eigenvalue weighted by atomic mass is 10.1. The van der Waals surface area contributed by atoms with Crippen LogP contribution in [0.1, 0.15) is 71.1 Å². The van der Waals surface area contributed by atoms with Crippen LogP contribution in [0.25, 0.3) is 0 Å². The van der Waals surface area contributed by atoms with Gasteiger partial charge in [-0.15, -0.1) is 17.5 Å². The molecule has 0 unspecified atom stereocenters. The first-order valence-electron chi connectivity index (χ1n) is 10.5. The van der Waals surface area contributed by atoms with Crippen LogP contribution in [0.4, 0.5) is 5.69 Å². The van der Waals surface area contributed by atoms with Crippen molar-refractivity contribution in [1.82, 2.24) is 25.6 Å². The summed E-state index contributed by atoms with van der Waals surface area (Å²) in [6, 6.07) is 7.52. The molecule has 1 aliphatic heterocycles. The molecule has 2 amide bonds. The standard InChI is InChI=1S/C21H28N6O2.ClH/c1-14-19(25-26-27(14)18-10-12-22-13-11-18)21(29)24-17-8-6-15(7-9-17)20(28)23-16-4-2-3-5-16;/h6-9,16,18,22H,2-5,10-13H2,1H3,(H,23,28)(H,24,29);1H. The summed E-state index contributed by atoms with van der Waals surface area (Å²) >= 11 is 0. The van der Waals surface area contributed by atoms with Gasteiger partial charge in [0, 0.05) is 17.3 Å². The van der Waals surface area contributed by atoms with Gasteiger partial charge in [-0.2, -0.15) is 0 Å². The van der Waals surface area contributed by atoms with Crippen molar-refractivity contribution in [3.05, 3.63) is 41.2 Å². The van der Waals surface area contributed by atoms with Crippen molar-refractivity contribution in [2.45, 2.75) is 57.5 Å². The predicted molar refractivity (Wildman–Crippen MR) is 117 cm³/mol. The number of carbonyl (C=O) groups is 2. The number of carbonyl (C=O) groups excluding carboxylic acids is 2. The van der Waals surface area contributed by atoms with Crippen LogP contribution in [0.15, 0.2) is 24.3 Å². The lowest BCUT2D eigenvalue weighted by Gasteiger charge is -2.23. The zero-order chi connectivity index (χ0) is 20.2. The smallest absolute Gasteiger partial charge is 0.278 e. The minimum atomic E-state index is -0.286. The number of aromatic nitrogens is 3. The summed E-state index contributed by atoms with van der Waals surface area (Å²) in [5.41, 5.74) is 2.35. The highest BCUT2D eigenvalue weighted by Crippen LogP contribution is 2.21. The average molecular weight is 433 g/mol. The fraction of sp³-hybridized carbons (Fsp3) is 0.524. The lowest BCUT2D eigenvalue weighted by molar-refractivity contribution is 0.0937. The molecule has 3 N–H and O–H groups in total. The average Bonchev–Trinajstić information content (AvgIpc) is 3.38. The largest absolute Gasteiger partial charge is 0.349 e. The van der Waals surface area contributed by atoms with Crippen LogP contribution in [-0.4, -0.2) is 45.9 Å². The van der Waals surface area contributed by atoms with Crippen molar-refractivity contribution in [1.29, 1.82) is 0 Å². The maximum atomic E-state index is 12.7. The van der Waals surface area contributed by atoms with E-state index in [0.717, 1.165) is 44.5 Å². The zero-order valence-electron chi connectivity index (χ0n) is 17.2. The molecular weight excluding hydrogens is 404 g/mol. The first-order valence-corrected chi connectivity index (χ1v) is 10.5. The van der Waals surface area contributed by atoms with E-state index in [-0.39, 0.29) is 36.3 Å². The summed E-state index contributed by atoms with van der Waals surface area (Å²) in [4.78, 5) is 25.0. The third-order valence-corrected chi connectivity index (χ3v) is 5.89. The molecule has 8 nitrogen and oxygen atoms in total. The van der Waals surface area contributed by atoms with Crippen molar-refractivity contribution < 1.29 is 9.59 Å². The number of anilines is 1. The van der Waals surface area contributed by atoms with Gasteiger partial charge in [0.2, 0.25) is 0 Å². The van der Waals surface area contributed by atoms with Gasteiger partial charge in [-0.05, 0) is 70.0 Å². The van der Waals surface area contributed by atoms with E-state index < -0.39 is 0 Å². The lowest BCUT2D eigenvalue weighted by Crippen LogP contribution is -2.32. The fourth-order valence-electron chi connectivity index (χ4n) is 4.18. The Morgan fingerprint density at radius 2 is 1.70 bits per heavy atom. The predicted octanol–water partition coefficient (Wildman–Crippen LogP) is 2.86. The summed E-state index contributed by atoms with van der Waals surface area (Å²) in [5, 5.41) is 17.6. The van der Waals surface area contributed by atoms with Crippen molar-refractivity contribution in [2.24, 2.45) is 0 Å². The second-order valence-electron chi connectivity index (χ2n) is 7.94. The van der Waals surface area contributed by atoms with Gasteiger partial charge in [0.25, 0.3) is 11.8 Å². The summed E-state index contributed by atoms with van der Waals surface area (Å²) in [6.45, 7) is 3.78. The molecule has 0 atom stereocenters. The maximum absolute atomic E-state index is 12.7. The molecule has 1 saturated heterocycles. The number of hydrogen-bond donors (Lipinski definition) is 3. The number of nitrogens with one attached hydrogen (secondary N) is 3. The summed E-state index contributed by atoms with van der Waals surface area (Å²) < 4.78 is 1.87. The first kappa shape index (κ1) is 22.2. The van der Waals surface area contributed by atoms with Crippen molar-refractivity contribution in [3.8, 4) is 0 Å². The van der Waals surface area contributed by atoms with Crippen LogP contribution in [0.5, 0.6) is 0 Å². The summed E-state index contributed by atoms with van der Waals surface area (Å²) in [6.07, 6.45) is 6.43. The Morgan fingerprint density at radius 3 is 2.37 bits per heavy atom. The Hall–Kier alpha value is -2.45. The minimum absolute atomic E-state index is 0. The maximum Gasteiger partial charge on any atom is 0.278 e. The number of piperidine rings is 1. The van der Waals surface area contributed by atoms with Crippen LogP contribution in [0, 0.1) is 6.92 Å². The second-order valence-corrected chi connectivity index (χ2v) is 7.94. The Bertz CT molecular complexity index is 870. The van der Waals surface area contributed by atoms with Crippen LogP contribution in [-0.2, 0) is 0 Å². The molecule has 2 aliphatic rings. The van der Waals surface area contributed by atoms with Crippen LogP contribution in [0.2, 0.25) is 0 Å². The molecule has 0 bridgehead atoms. The normalized spacial score (nSPS) is 17.4. The molecule has 1 aliphatic carbocycles. The SMILES string of the molecule is Cc1c(C(=O)Nc2ccc(C(=O)NC3CCCC3)cc2)nnn1C1CCNCC1.Cl. The van der Waals surface area contributed by atoms with E-state index in [1.807, 2.05) is 11.6 Å². The molecule has 9 heteroatoms. The van der Waals surface area contributed by atoms with E-state index >= 15 is 0 Å². The first-order chi connectivity index (χ1) is 14.1. The number of halogens is 1. The molecule has 30 heavy (non-hydrogen) atoms. The van der Waals surface area contributed by atoms with Gasteiger partial charge >= 0.3 is 0 Å². The molecule has 1 aromatic heterocycles. The number of amides is 2. The van der Waals surface area contributed by atoms with E-state index in [0.29, 0.717) is 16.9 Å². The van der Waals surface area contributed by atoms with E-state index in [2.05, 4.69) is 26.3 Å². The number of rotatable bonds is 5. The second kappa shape index (κ2) is 10.0. The van der Waals surface area contributed by atoms with E-state index in [9.17, 15) is 9.59 Å². The van der Waals surface area contributed by atoms with Crippen molar-refractivity contribution in [2.75, 3.05) is 18.4 Å². The molecule has 4 rings (SSSR count). The van der Waals surface area contributed by atoms with E-state index in [1.165, 1.54) is 12.8 Å². The molecular formula is C21H29ClN6O2. The van der Waals surface area contributed by atoms with Gasteiger partial charge in [0.05, 0.1) is 11.7 Å². The van der Waals surface area contributed by atoms with E-state index in [1.54, 1.807) is 24.3 Å². The molecule has 0 radical (unpaired) electrons. The van der Waals surface area contributed by atoms with Crippen molar-refractivity contribution >= 4 is 29.9 Å². The third kappa shape index (κ3) is 4.99. The highest BCUT2D eigenvalue weighted by atomic mass is 35.5. The summed E-state index contributed by atoms with van der Waals surface area (Å²) in [5.74, 6) is -0.346. The Balaban J connectivity index is 0.00000256. The van der Waals surface area contributed by atoms with Crippen LogP contribution < -0.4 is 16.0 Å². The van der Waals surface area contributed by atoms with Crippen LogP contribution in [0.3, 0.4) is 0 Å². The van der Waals surface area contributed by atoms with Gasteiger partial charge in [-0.25, -0.2) is 4.68 Å². The highest BCUT2D eigenvalue weighted by molar-refractivity contribution is 6.04. The highest BCUT2D eigenvalue weighted by Gasteiger charge is 2.23. The molecule has 162 valence electrons. The Labute approximate surface area is 182 Å². The van der Waals surface area contributed by atoms with Gasteiger partial charge in [0.1, 0.15) is 0 Å². The van der Waals surface area contributed by atoms with Gasteiger partial charge < -0.3 is 16.0 Å². The number of benzene rings is 1. The van der Waals surface area contributed by atoms with Gasteiger partial charge in [-0.3, -0.25) is 9.59 Å². The molecule has 1 aromatic carbocycles. The van der Waals surface area contributed by atoms with Gasteiger partial charge in [-0.1, -0.05) is 18.1 Å². The monoisotopic (exact) mass is 432 g/mol. The van der Waals surface area contributed by atoms with Crippen LogP contribution >= 0.6 is 12.4 Å². The Morgan fingerprint density at radius 1 is 1.03 bits per heavy atom.